The number of nitrogens with zero attached hydrogens (tertiary/aromatic N) is 2. The lowest BCUT2D eigenvalue weighted by Gasteiger charge is -2.30. The number of ether oxygens (including phenoxy) is 1. The maximum absolute atomic E-state index is 12.2. The van der Waals surface area contributed by atoms with Crippen molar-refractivity contribution in [3.63, 3.8) is 0 Å². The van der Waals surface area contributed by atoms with Crippen molar-refractivity contribution in [2.24, 2.45) is 0 Å². The maximum atomic E-state index is 12.2. The number of nitrogens with one attached hydrogen (secondary N) is 1. The first-order valence-electron chi connectivity index (χ1n) is 8.06. The highest BCUT2D eigenvalue weighted by atomic mass is 35.5. The number of hydrogen-bond donors (Lipinski definition) is 1. The quantitative estimate of drug-likeness (QED) is 0.825. The van der Waals surface area contributed by atoms with Gasteiger partial charge in [-0.3, -0.25) is 4.79 Å². The second kappa shape index (κ2) is 8.06. The summed E-state index contributed by atoms with van der Waals surface area (Å²) in [4.78, 5) is 12.2. The molecule has 1 aliphatic rings. The fourth-order valence-corrected chi connectivity index (χ4v) is 3.36. The Kier molecular flexibility index (Phi) is 5.81. The van der Waals surface area contributed by atoms with Crippen molar-refractivity contribution in [1.82, 2.24) is 9.78 Å². The van der Waals surface area contributed by atoms with Gasteiger partial charge in [0.15, 0.2) is 0 Å². The number of aromatic nitrogens is 2. The fourth-order valence-electron chi connectivity index (χ4n) is 3.10. The summed E-state index contributed by atoms with van der Waals surface area (Å²) in [5.41, 5.74) is 0.619. The largest absolute Gasteiger partial charge is 0.463 e. The highest BCUT2D eigenvalue weighted by molar-refractivity contribution is 6.41. The molecular weight excluding hydrogens is 368 g/mol. The molecule has 1 aliphatic carbocycles. The van der Waals surface area contributed by atoms with E-state index in [2.05, 4.69) is 10.4 Å². The predicted molar refractivity (Wildman–Crippen MR) is 96.5 cm³/mol. The van der Waals surface area contributed by atoms with Crippen LogP contribution in [0.5, 0.6) is 5.75 Å². The van der Waals surface area contributed by atoms with Crippen molar-refractivity contribution in [3.8, 4) is 5.75 Å². The molecule has 0 bridgehead atoms. The summed E-state index contributed by atoms with van der Waals surface area (Å²) < 4.78 is 18.3. The molecule has 134 valence electrons. The Morgan fingerprint density at radius 2 is 1.88 bits per heavy atom. The van der Waals surface area contributed by atoms with E-state index in [-0.39, 0.29) is 21.6 Å². The monoisotopic (exact) mass is 385 g/mol. The van der Waals surface area contributed by atoms with Gasteiger partial charge in [-0.2, -0.15) is 5.10 Å². The molecule has 1 aromatic heterocycles. The Morgan fingerprint density at radius 3 is 2.52 bits per heavy atom. The fraction of sp³-hybridized carbons (Fsp3) is 0.412. The molecule has 0 aliphatic heterocycles. The number of hydrogen-bond acceptors (Lipinski definition) is 4. The molecule has 0 unspecified atom stereocenters. The van der Waals surface area contributed by atoms with Gasteiger partial charge in [0, 0.05) is 11.7 Å². The van der Waals surface area contributed by atoms with Crippen LogP contribution in [-0.2, 0) is 0 Å². The van der Waals surface area contributed by atoms with Crippen LogP contribution in [0.25, 0.3) is 0 Å². The SMILES string of the molecule is O=c1c(Cl)c(Cl)cnn1C1CCC(Nc2ccc(OCF)cc2)CC1. The summed E-state index contributed by atoms with van der Waals surface area (Å²) >= 11 is 11.7. The normalized spacial score (nSPS) is 20.3. The number of alkyl halides is 1. The topological polar surface area (TPSA) is 56.2 Å². The lowest BCUT2D eigenvalue weighted by molar-refractivity contribution is 0.192. The van der Waals surface area contributed by atoms with E-state index >= 15 is 0 Å². The van der Waals surface area contributed by atoms with Crippen LogP contribution in [0.4, 0.5) is 10.1 Å². The number of benzene rings is 1. The minimum atomic E-state index is -0.834. The maximum Gasteiger partial charge on any atom is 0.287 e. The van der Waals surface area contributed by atoms with E-state index in [1.54, 1.807) is 12.1 Å². The van der Waals surface area contributed by atoms with E-state index in [0.717, 1.165) is 31.4 Å². The summed E-state index contributed by atoms with van der Waals surface area (Å²) in [6.45, 7) is -0.834. The van der Waals surface area contributed by atoms with Crippen LogP contribution in [-0.4, -0.2) is 22.7 Å². The van der Waals surface area contributed by atoms with Crippen LogP contribution in [0.15, 0.2) is 35.3 Å². The zero-order chi connectivity index (χ0) is 17.8. The third kappa shape index (κ3) is 4.25. The third-order valence-corrected chi connectivity index (χ3v) is 5.14. The Bertz CT molecular complexity index is 774. The first-order valence-corrected chi connectivity index (χ1v) is 8.82. The number of rotatable bonds is 5. The predicted octanol–water partition coefficient (Wildman–Crippen LogP) is 4.45. The van der Waals surface area contributed by atoms with Crippen molar-refractivity contribution < 1.29 is 9.13 Å². The molecule has 1 fully saturated rings. The number of anilines is 1. The Balaban J connectivity index is 1.58. The Labute approximate surface area is 154 Å². The van der Waals surface area contributed by atoms with Crippen LogP contribution < -0.4 is 15.6 Å². The molecule has 2 aromatic rings. The molecule has 1 saturated carbocycles. The van der Waals surface area contributed by atoms with E-state index in [1.807, 2.05) is 12.1 Å². The minimum absolute atomic E-state index is 0.0208. The molecule has 3 rings (SSSR count). The molecular formula is C17H18Cl2FN3O2. The molecule has 8 heteroatoms. The average molecular weight is 386 g/mol. The van der Waals surface area contributed by atoms with Gasteiger partial charge in [0.1, 0.15) is 10.8 Å². The van der Waals surface area contributed by atoms with Crippen LogP contribution in [0.3, 0.4) is 0 Å². The molecule has 25 heavy (non-hydrogen) atoms. The zero-order valence-electron chi connectivity index (χ0n) is 13.4. The summed E-state index contributed by atoms with van der Waals surface area (Å²) in [6.07, 6.45) is 4.87. The number of halogens is 3. The van der Waals surface area contributed by atoms with Crippen LogP contribution in [0.2, 0.25) is 10.0 Å². The van der Waals surface area contributed by atoms with E-state index in [4.69, 9.17) is 27.9 Å². The van der Waals surface area contributed by atoms with Crippen LogP contribution in [0, 0.1) is 0 Å². The third-order valence-electron chi connectivity index (χ3n) is 4.39. The summed E-state index contributed by atoms with van der Waals surface area (Å²) in [5.74, 6) is 0.502. The van der Waals surface area contributed by atoms with Gasteiger partial charge >= 0.3 is 0 Å². The molecule has 1 heterocycles. The molecule has 1 aromatic carbocycles. The smallest absolute Gasteiger partial charge is 0.287 e. The van der Waals surface area contributed by atoms with Gasteiger partial charge in [-0.15, -0.1) is 0 Å². The van der Waals surface area contributed by atoms with Gasteiger partial charge in [-0.05, 0) is 49.9 Å². The molecule has 0 atom stereocenters. The van der Waals surface area contributed by atoms with Gasteiger partial charge in [-0.25, -0.2) is 9.07 Å². The summed E-state index contributed by atoms with van der Waals surface area (Å²) in [6, 6.07) is 7.52. The van der Waals surface area contributed by atoms with Crippen molar-refractivity contribution in [3.05, 3.63) is 50.9 Å². The van der Waals surface area contributed by atoms with E-state index in [0.29, 0.717) is 11.8 Å². The van der Waals surface area contributed by atoms with Crippen molar-refractivity contribution in [2.45, 2.75) is 37.8 Å². The highest BCUT2D eigenvalue weighted by Gasteiger charge is 2.24. The standard InChI is InChI=1S/C17H18Cl2FN3O2/c18-15-9-21-23(17(24)16(15)19)13-5-1-11(2-6-13)22-12-3-7-14(8-4-12)25-10-20/h3-4,7-9,11,13,22H,1-2,5-6,10H2. The van der Waals surface area contributed by atoms with Gasteiger partial charge < -0.3 is 10.1 Å². The van der Waals surface area contributed by atoms with Gasteiger partial charge in [0.25, 0.3) is 5.56 Å². The first kappa shape index (κ1) is 18.0. The van der Waals surface area contributed by atoms with Crippen LogP contribution >= 0.6 is 23.2 Å². The molecule has 1 N–H and O–H groups in total. The molecule has 0 radical (unpaired) electrons. The lowest BCUT2D eigenvalue weighted by atomic mass is 9.91. The van der Waals surface area contributed by atoms with Crippen LogP contribution in [0.1, 0.15) is 31.7 Å². The van der Waals surface area contributed by atoms with E-state index < -0.39 is 6.86 Å². The first-order chi connectivity index (χ1) is 12.1. The molecule has 0 amide bonds. The zero-order valence-corrected chi connectivity index (χ0v) is 14.9. The lowest BCUT2D eigenvalue weighted by Crippen LogP contribution is -2.33. The molecule has 5 nitrogen and oxygen atoms in total. The van der Waals surface area contributed by atoms with E-state index in [1.165, 1.54) is 10.9 Å². The molecule has 0 saturated heterocycles. The Morgan fingerprint density at radius 1 is 1.20 bits per heavy atom. The summed E-state index contributed by atoms with van der Waals surface area (Å²) in [7, 11) is 0. The average Bonchev–Trinajstić information content (AvgIpc) is 2.63. The van der Waals surface area contributed by atoms with Crippen molar-refractivity contribution in [1.29, 1.82) is 0 Å². The minimum Gasteiger partial charge on any atom is -0.463 e. The second-order valence-electron chi connectivity index (χ2n) is 5.98. The Hall–Kier alpha value is -1.79. The van der Waals surface area contributed by atoms with Crippen molar-refractivity contribution in [2.75, 3.05) is 12.2 Å². The highest BCUT2D eigenvalue weighted by Crippen LogP contribution is 2.30. The molecule has 0 spiro atoms. The summed E-state index contributed by atoms with van der Waals surface area (Å²) in [5, 5.41) is 7.77. The van der Waals surface area contributed by atoms with Crippen molar-refractivity contribution >= 4 is 28.9 Å². The second-order valence-corrected chi connectivity index (χ2v) is 6.77. The van der Waals surface area contributed by atoms with E-state index in [9.17, 15) is 9.18 Å². The van der Waals surface area contributed by atoms with Gasteiger partial charge in [0.05, 0.1) is 17.3 Å². The van der Waals surface area contributed by atoms with Gasteiger partial charge in [0.2, 0.25) is 6.86 Å². The van der Waals surface area contributed by atoms with Gasteiger partial charge in [-0.1, -0.05) is 23.2 Å².